The number of rotatable bonds is 3. The van der Waals surface area contributed by atoms with Crippen LogP contribution in [0.1, 0.15) is 5.69 Å². The molecule has 11 heteroatoms. The molecular formula is C13H14N5NaO3S2. The van der Waals surface area contributed by atoms with E-state index in [1.54, 1.807) is 18.2 Å². The molecule has 1 aliphatic heterocycles. The number of aromatic amines is 1. The van der Waals surface area contributed by atoms with Gasteiger partial charge in [0.1, 0.15) is 4.99 Å². The van der Waals surface area contributed by atoms with E-state index in [2.05, 4.69) is 19.8 Å². The molecule has 0 amide bonds. The molecule has 1 aromatic heterocycles. The van der Waals surface area contributed by atoms with Crippen LogP contribution in [0.4, 0.5) is 0 Å². The molecule has 0 bridgehead atoms. The van der Waals surface area contributed by atoms with Crippen LogP contribution in [0.15, 0.2) is 39.6 Å². The molecule has 0 aliphatic carbocycles. The van der Waals surface area contributed by atoms with E-state index < -0.39 is 10.0 Å². The van der Waals surface area contributed by atoms with Crippen LogP contribution in [-0.2, 0) is 14.8 Å². The van der Waals surface area contributed by atoms with Gasteiger partial charge in [-0.1, -0.05) is 30.4 Å². The predicted octanol–water partition coefficient (Wildman–Crippen LogP) is -3.33. The smallest absolute Gasteiger partial charge is 0.378 e. The van der Waals surface area contributed by atoms with Crippen molar-refractivity contribution in [2.75, 3.05) is 26.3 Å². The summed E-state index contributed by atoms with van der Waals surface area (Å²) in [5, 5.41) is 10.2. The van der Waals surface area contributed by atoms with Gasteiger partial charge in [0.25, 0.3) is 0 Å². The van der Waals surface area contributed by atoms with E-state index in [1.165, 1.54) is 12.1 Å². The van der Waals surface area contributed by atoms with Crippen molar-refractivity contribution in [3.05, 3.63) is 41.5 Å². The van der Waals surface area contributed by atoms with Crippen molar-refractivity contribution in [3.8, 4) is 0 Å². The summed E-state index contributed by atoms with van der Waals surface area (Å²) in [6, 6.07) is 7.93. The number of sulfonamides is 1. The minimum Gasteiger partial charge on any atom is -0.378 e. The van der Waals surface area contributed by atoms with Gasteiger partial charge in [-0.15, -0.1) is 0 Å². The number of morpholine rings is 1. The fraction of sp³-hybridized carbons (Fsp3) is 0.308. The van der Waals surface area contributed by atoms with Crippen LogP contribution >= 0.6 is 12.2 Å². The Morgan fingerprint density at radius 2 is 1.96 bits per heavy atom. The van der Waals surface area contributed by atoms with Crippen molar-refractivity contribution in [3.63, 3.8) is 0 Å². The topological polar surface area (TPSA) is 102 Å². The summed E-state index contributed by atoms with van der Waals surface area (Å²) in [4.78, 5) is 2.39. The van der Waals surface area contributed by atoms with Gasteiger partial charge in [0.15, 0.2) is 0 Å². The monoisotopic (exact) mass is 375 g/mol. The Bertz CT molecular complexity index is 857. The molecule has 2 heterocycles. The van der Waals surface area contributed by atoms with Crippen molar-refractivity contribution < 1.29 is 42.7 Å². The Hall–Kier alpha value is -1.04. The molecule has 0 atom stereocenters. The van der Waals surface area contributed by atoms with E-state index in [9.17, 15) is 8.42 Å². The molecule has 0 saturated carbocycles. The normalized spacial score (nSPS) is 15.8. The first-order valence-electron chi connectivity index (χ1n) is 6.89. The number of benzene rings is 1. The van der Waals surface area contributed by atoms with Gasteiger partial charge in [-0.05, 0) is 12.1 Å². The summed E-state index contributed by atoms with van der Waals surface area (Å²) in [5.74, 6) is 0. The van der Waals surface area contributed by atoms with E-state index in [0.717, 1.165) is 0 Å². The number of hydrogen-bond donors (Lipinski definition) is 1. The molecule has 0 unspecified atom stereocenters. The molecule has 1 N–H and O–H groups in total. The molecule has 8 nitrogen and oxygen atoms in total. The van der Waals surface area contributed by atoms with E-state index in [1.807, 2.05) is 4.90 Å². The predicted molar refractivity (Wildman–Crippen MR) is 85.2 cm³/mol. The van der Waals surface area contributed by atoms with Gasteiger partial charge in [-0.3, -0.25) is 14.6 Å². The molecule has 0 radical (unpaired) electrons. The van der Waals surface area contributed by atoms with Gasteiger partial charge in [0.2, 0.25) is 10.0 Å². The van der Waals surface area contributed by atoms with Crippen LogP contribution in [0.5, 0.6) is 0 Å². The first-order chi connectivity index (χ1) is 11.1. The Kier molecular flexibility index (Phi) is 6.72. The number of nitrogens with zero attached hydrogens (tertiary/aromatic N) is 4. The summed E-state index contributed by atoms with van der Waals surface area (Å²) in [7, 11) is -3.87. The number of hydrogen-bond acceptors (Lipinski definition) is 5. The maximum atomic E-state index is 12.3. The quantitative estimate of drug-likeness (QED) is 0.442. The third-order valence-corrected chi connectivity index (χ3v) is 5.01. The number of aromatic nitrogens is 3. The largest absolute Gasteiger partial charge is 1.00 e. The summed E-state index contributed by atoms with van der Waals surface area (Å²) in [6.45, 7) is 2.37. The fourth-order valence-electron chi connectivity index (χ4n) is 2.11. The van der Waals surface area contributed by atoms with Gasteiger partial charge in [-0.25, -0.2) is 8.42 Å². The Labute approximate surface area is 166 Å². The van der Waals surface area contributed by atoms with E-state index in [-0.39, 0.29) is 45.6 Å². The van der Waals surface area contributed by atoms with Crippen LogP contribution in [0, 0.1) is 0 Å². The minimum absolute atomic E-state index is 0. The van der Waals surface area contributed by atoms with E-state index in [4.69, 9.17) is 17.0 Å². The summed E-state index contributed by atoms with van der Waals surface area (Å²) < 4.78 is 33.7. The average Bonchev–Trinajstić information content (AvgIpc) is 3.03. The molecular weight excluding hydrogens is 361 g/mol. The van der Waals surface area contributed by atoms with Crippen molar-refractivity contribution in [2.45, 2.75) is 4.90 Å². The first-order valence-corrected chi connectivity index (χ1v) is 8.73. The van der Waals surface area contributed by atoms with Gasteiger partial charge in [-0.2, -0.15) is 0 Å². The van der Waals surface area contributed by atoms with Gasteiger partial charge >= 0.3 is 29.6 Å². The maximum absolute atomic E-state index is 12.3. The van der Waals surface area contributed by atoms with Gasteiger partial charge in [0, 0.05) is 13.1 Å². The molecule has 24 heavy (non-hydrogen) atoms. The second kappa shape index (κ2) is 8.37. The van der Waals surface area contributed by atoms with Crippen LogP contribution in [-0.4, -0.2) is 54.9 Å². The Morgan fingerprint density at radius 3 is 2.62 bits per heavy atom. The molecule has 1 aliphatic rings. The average molecular weight is 375 g/mol. The number of nitrogens with one attached hydrogen (secondary N) is 1. The third kappa shape index (κ3) is 4.32. The molecule has 1 fully saturated rings. The Morgan fingerprint density at radius 1 is 1.29 bits per heavy atom. The number of H-pyrrole nitrogens is 1. The second-order valence-corrected chi connectivity index (χ2v) is 6.77. The molecule has 122 valence electrons. The minimum atomic E-state index is -3.87. The fourth-order valence-corrected chi connectivity index (χ4v) is 3.39. The van der Waals surface area contributed by atoms with Crippen LogP contribution in [0.25, 0.3) is 0 Å². The molecule has 2 aromatic rings. The number of ether oxygens (including phenoxy) is 1. The summed E-state index contributed by atoms with van der Waals surface area (Å²) in [6.07, 6.45) is 0. The van der Waals surface area contributed by atoms with Gasteiger partial charge in [0.05, 0.1) is 29.3 Å². The van der Waals surface area contributed by atoms with Crippen molar-refractivity contribution in [1.29, 1.82) is 0 Å². The Balaban J connectivity index is 0.00000208. The zero-order chi connectivity index (χ0) is 16.3. The van der Waals surface area contributed by atoms with E-state index in [0.29, 0.717) is 31.3 Å². The van der Waals surface area contributed by atoms with Crippen molar-refractivity contribution in [1.82, 2.24) is 20.3 Å². The molecule has 1 aromatic carbocycles. The number of thiocarbonyl (C=S) groups is 1. The molecule has 3 rings (SSSR count). The molecule has 0 spiro atoms. The SMILES string of the molecule is O=S(=O)(N=c1[n-][nH]nc1C(=S)N1CCOCC1)c1ccccc1.[Na+]. The zero-order valence-electron chi connectivity index (χ0n) is 13.0. The van der Waals surface area contributed by atoms with Gasteiger partial charge < -0.3 is 14.9 Å². The first kappa shape index (κ1) is 19.3. The van der Waals surface area contributed by atoms with Crippen molar-refractivity contribution >= 4 is 27.2 Å². The zero-order valence-corrected chi connectivity index (χ0v) is 16.7. The van der Waals surface area contributed by atoms with E-state index >= 15 is 0 Å². The molecule has 1 saturated heterocycles. The second-order valence-electron chi connectivity index (χ2n) is 4.78. The maximum Gasteiger partial charge on any atom is 1.00 e. The third-order valence-electron chi connectivity index (χ3n) is 3.28. The van der Waals surface area contributed by atoms with Crippen molar-refractivity contribution in [2.24, 2.45) is 4.40 Å². The van der Waals surface area contributed by atoms with Crippen LogP contribution < -0.4 is 40.1 Å². The summed E-state index contributed by atoms with van der Waals surface area (Å²) >= 11 is 5.38. The van der Waals surface area contributed by atoms with Crippen LogP contribution in [0.3, 0.4) is 0 Å². The summed E-state index contributed by atoms with van der Waals surface area (Å²) in [5.41, 5.74) is 0.215. The standard InChI is InChI=1S/C13H15N5O3S2.Na/c19-23(20,10-4-2-1-3-5-10)16-12-11(14-17-15-12)13(22)18-6-8-21-9-7-18;/h1-5H,6-9H2,(H2,14,15,16,17,22);/q;+1/p-1. The van der Waals surface area contributed by atoms with Crippen LogP contribution in [0.2, 0.25) is 0 Å².